The molecule has 0 radical (unpaired) electrons. The van der Waals surface area contributed by atoms with Gasteiger partial charge in [-0.3, -0.25) is 4.90 Å². The van der Waals surface area contributed by atoms with E-state index in [2.05, 4.69) is 10.2 Å². The van der Waals surface area contributed by atoms with E-state index in [-0.39, 0.29) is 5.97 Å². The lowest BCUT2D eigenvalue weighted by molar-refractivity contribution is -0.153. The fraction of sp³-hybridized carbons (Fsp3) is 0.933. The predicted molar refractivity (Wildman–Crippen MR) is 77.6 cm³/mol. The van der Waals surface area contributed by atoms with Crippen LogP contribution >= 0.6 is 0 Å². The van der Waals surface area contributed by atoms with Crippen molar-refractivity contribution in [2.24, 2.45) is 5.92 Å². The van der Waals surface area contributed by atoms with E-state index in [9.17, 15) is 4.79 Å². The van der Waals surface area contributed by atoms with E-state index < -0.39 is 5.54 Å². The van der Waals surface area contributed by atoms with Gasteiger partial charge >= 0.3 is 5.97 Å². The summed E-state index contributed by atoms with van der Waals surface area (Å²) in [6.45, 7) is 4.65. The van der Waals surface area contributed by atoms with Gasteiger partial charge in [-0.05, 0) is 45.6 Å². The second-order valence-corrected chi connectivity index (χ2v) is 5.91. The number of ether oxygens (including phenoxy) is 2. The highest BCUT2D eigenvalue weighted by Gasteiger charge is 2.53. The first-order valence-electron chi connectivity index (χ1n) is 7.77. The van der Waals surface area contributed by atoms with Gasteiger partial charge in [0.25, 0.3) is 0 Å². The Kier molecular flexibility index (Phi) is 5.41. The topological polar surface area (TPSA) is 50.8 Å². The highest BCUT2D eigenvalue weighted by Crippen LogP contribution is 2.42. The van der Waals surface area contributed by atoms with Crippen molar-refractivity contribution in [1.29, 1.82) is 0 Å². The van der Waals surface area contributed by atoms with Crippen LogP contribution in [-0.2, 0) is 14.3 Å². The number of esters is 1. The molecule has 2 saturated carbocycles. The monoisotopic (exact) mass is 284 g/mol. The molecule has 1 atom stereocenters. The molecule has 0 aromatic carbocycles. The maximum Gasteiger partial charge on any atom is 0.327 e. The van der Waals surface area contributed by atoms with Crippen LogP contribution in [0.3, 0.4) is 0 Å². The van der Waals surface area contributed by atoms with Crippen molar-refractivity contribution in [2.45, 2.75) is 44.2 Å². The van der Waals surface area contributed by atoms with Crippen LogP contribution in [-0.4, -0.2) is 62.9 Å². The number of rotatable bonds is 10. The summed E-state index contributed by atoms with van der Waals surface area (Å²) < 4.78 is 10.5. The van der Waals surface area contributed by atoms with Gasteiger partial charge in [0.05, 0.1) is 13.2 Å². The highest BCUT2D eigenvalue weighted by molar-refractivity contribution is 5.82. The van der Waals surface area contributed by atoms with Crippen LogP contribution in [0.15, 0.2) is 0 Å². The van der Waals surface area contributed by atoms with Crippen LogP contribution in [0.4, 0.5) is 0 Å². The number of methoxy groups -OCH3 is 1. The Morgan fingerprint density at radius 2 is 2.05 bits per heavy atom. The molecule has 0 bridgehead atoms. The lowest BCUT2D eigenvalue weighted by Gasteiger charge is -2.36. The number of hydrogen-bond donors (Lipinski definition) is 1. The van der Waals surface area contributed by atoms with Crippen molar-refractivity contribution in [1.82, 2.24) is 10.2 Å². The van der Waals surface area contributed by atoms with Crippen molar-refractivity contribution in [3.8, 4) is 0 Å². The van der Waals surface area contributed by atoms with Crippen LogP contribution in [0.2, 0.25) is 0 Å². The van der Waals surface area contributed by atoms with Crippen molar-refractivity contribution in [2.75, 3.05) is 40.5 Å². The summed E-state index contributed by atoms with van der Waals surface area (Å²) in [5.74, 6) is 0.323. The molecule has 1 N–H and O–H groups in total. The minimum absolute atomic E-state index is 0.0898. The Hall–Kier alpha value is -0.650. The molecule has 20 heavy (non-hydrogen) atoms. The molecule has 0 aromatic heterocycles. The average molecular weight is 284 g/mol. The summed E-state index contributed by atoms with van der Waals surface area (Å²) in [6, 6.07) is 0.617. The van der Waals surface area contributed by atoms with Crippen LogP contribution in [0.25, 0.3) is 0 Å². The van der Waals surface area contributed by atoms with E-state index >= 15 is 0 Å². The molecule has 2 aliphatic carbocycles. The molecule has 2 fully saturated rings. The summed E-state index contributed by atoms with van der Waals surface area (Å²) in [6.07, 6.45) is 4.69. The van der Waals surface area contributed by atoms with E-state index in [0.29, 0.717) is 25.2 Å². The molecule has 2 rings (SSSR count). The Labute approximate surface area is 122 Å². The Balaban J connectivity index is 2.06. The van der Waals surface area contributed by atoms with Crippen molar-refractivity contribution >= 4 is 5.97 Å². The maximum absolute atomic E-state index is 12.5. The fourth-order valence-corrected chi connectivity index (χ4v) is 2.94. The number of hydrogen-bond acceptors (Lipinski definition) is 5. The van der Waals surface area contributed by atoms with Gasteiger partial charge in [-0.15, -0.1) is 0 Å². The fourth-order valence-electron chi connectivity index (χ4n) is 2.94. The Morgan fingerprint density at radius 1 is 1.35 bits per heavy atom. The SMILES string of the molecule is CCOC(=O)C(CN(CCOC)C1CC1)(NC)C1CC1. The van der Waals surface area contributed by atoms with E-state index in [1.807, 2.05) is 14.0 Å². The van der Waals surface area contributed by atoms with Gasteiger partial charge in [-0.25, -0.2) is 4.79 Å². The number of carbonyl (C=O) groups is 1. The largest absolute Gasteiger partial charge is 0.465 e. The highest BCUT2D eigenvalue weighted by atomic mass is 16.5. The molecule has 1 unspecified atom stereocenters. The summed E-state index contributed by atoms with van der Waals surface area (Å²) in [7, 11) is 3.61. The summed E-state index contributed by atoms with van der Waals surface area (Å²) >= 11 is 0. The third-order valence-corrected chi connectivity index (χ3v) is 4.46. The minimum Gasteiger partial charge on any atom is -0.465 e. The van der Waals surface area contributed by atoms with Crippen molar-refractivity contribution in [3.05, 3.63) is 0 Å². The predicted octanol–water partition coefficient (Wildman–Crippen LogP) is 1.03. The molecular weight excluding hydrogens is 256 g/mol. The molecule has 0 aromatic rings. The Bertz CT molecular complexity index is 329. The first kappa shape index (κ1) is 15.7. The molecule has 5 nitrogen and oxygen atoms in total. The lowest BCUT2D eigenvalue weighted by atomic mass is 9.92. The molecule has 0 spiro atoms. The molecule has 0 saturated heterocycles. The first-order valence-corrected chi connectivity index (χ1v) is 7.77. The smallest absolute Gasteiger partial charge is 0.327 e. The van der Waals surface area contributed by atoms with E-state index in [0.717, 1.165) is 25.9 Å². The zero-order valence-corrected chi connectivity index (χ0v) is 13.0. The standard InChI is InChI=1S/C15H28N2O3/c1-4-20-14(18)15(16-2,12-5-6-12)11-17(9-10-19-3)13-7-8-13/h12-13,16H,4-11H2,1-3H3. The lowest BCUT2D eigenvalue weighted by Crippen LogP contribution is -2.60. The van der Waals surface area contributed by atoms with Crippen LogP contribution in [0.5, 0.6) is 0 Å². The number of likely N-dealkylation sites (N-methyl/N-ethyl adjacent to an activating group) is 1. The van der Waals surface area contributed by atoms with Gasteiger partial charge in [0, 0.05) is 26.2 Å². The zero-order valence-electron chi connectivity index (χ0n) is 13.0. The van der Waals surface area contributed by atoms with Crippen LogP contribution < -0.4 is 5.32 Å². The van der Waals surface area contributed by atoms with Crippen molar-refractivity contribution < 1.29 is 14.3 Å². The van der Waals surface area contributed by atoms with Gasteiger partial charge in [0.1, 0.15) is 5.54 Å². The third kappa shape index (κ3) is 3.51. The van der Waals surface area contributed by atoms with Crippen LogP contribution in [0, 0.1) is 5.92 Å². The van der Waals surface area contributed by atoms with Gasteiger partial charge in [-0.2, -0.15) is 0 Å². The number of carbonyl (C=O) groups excluding carboxylic acids is 1. The second-order valence-electron chi connectivity index (χ2n) is 5.91. The molecule has 0 aliphatic heterocycles. The summed E-state index contributed by atoms with van der Waals surface area (Å²) in [4.78, 5) is 14.9. The van der Waals surface area contributed by atoms with Crippen molar-refractivity contribution in [3.63, 3.8) is 0 Å². The normalized spacial score (nSPS) is 21.8. The van der Waals surface area contributed by atoms with E-state index in [4.69, 9.17) is 9.47 Å². The average Bonchev–Trinajstić information content (AvgIpc) is 3.30. The molecule has 0 heterocycles. The Morgan fingerprint density at radius 3 is 2.50 bits per heavy atom. The van der Waals surface area contributed by atoms with E-state index in [1.54, 1.807) is 7.11 Å². The van der Waals surface area contributed by atoms with Gasteiger partial charge < -0.3 is 14.8 Å². The van der Waals surface area contributed by atoms with Crippen LogP contribution in [0.1, 0.15) is 32.6 Å². The van der Waals surface area contributed by atoms with Gasteiger partial charge in [-0.1, -0.05) is 0 Å². The molecule has 116 valence electrons. The zero-order chi connectivity index (χ0) is 14.6. The second kappa shape index (κ2) is 6.87. The van der Waals surface area contributed by atoms with Gasteiger partial charge in [0.2, 0.25) is 0 Å². The summed E-state index contributed by atoms with van der Waals surface area (Å²) in [5, 5.41) is 3.29. The minimum atomic E-state index is -0.535. The van der Waals surface area contributed by atoms with Gasteiger partial charge in [0.15, 0.2) is 0 Å². The maximum atomic E-state index is 12.5. The summed E-state index contributed by atoms with van der Waals surface area (Å²) in [5.41, 5.74) is -0.535. The van der Waals surface area contributed by atoms with E-state index in [1.165, 1.54) is 12.8 Å². The molecular formula is C15H28N2O3. The number of nitrogens with zero attached hydrogens (tertiary/aromatic N) is 1. The molecule has 0 amide bonds. The molecule has 2 aliphatic rings. The first-order chi connectivity index (χ1) is 9.67. The number of nitrogens with one attached hydrogen (secondary N) is 1. The third-order valence-electron chi connectivity index (χ3n) is 4.46. The quantitative estimate of drug-likeness (QED) is 0.607. The molecule has 5 heteroatoms.